The predicted octanol–water partition coefficient (Wildman–Crippen LogP) is 4.12. The molecule has 1 heterocycles. The summed E-state index contributed by atoms with van der Waals surface area (Å²) in [5, 5.41) is 3.90. The molecule has 22 heavy (non-hydrogen) atoms. The zero-order chi connectivity index (χ0) is 15.5. The third-order valence-electron chi connectivity index (χ3n) is 3.43. The number of nitrogens with one attached hydrogen (secondary N) is 2. The maximum absolute atomic E-state index is 12.2. The summed E-state index contributed by atoms with van der Waals surface area (Å²) in [4.78, 5) is 15.4. The summed E-state index contributed by atoms with van der Waals surface area (Å²) in [6.07, 6.45) is 2.17. The summed E-state index contributed by atoms with van der Waals surface area (Å²) in [6, 6.07) is 13.3. The smallest absolute Gasteiger partial charge is 0.228 e. The van der Waals surface area contributed by atoms with Crippen molar-refractivity contribution in [2.45, 2.75) is 6.42 Å². The summed E-state index contributed by atoms with van der Waals surface area (Å²) in [7, 11) is 1.63. The van der Waals surface area contributed by atoms with Gasteiger partial charge in [0.15, 0.2) is 0 Å². The van der Waals surface area contributed by atoms with Crippen LogP contribution in [0.1, 0.15) is 5.56 Å². The third kappa shape index (κ3) is 3.14. The minimum Gasteiger partial charge on any atom is -0.497 e. The molecule has 1 amide bonds. The SMILES string of the molecule is COc1ccc2[nH]cc(CC(=O)Nc3cccc(Br)c3)c2c1. The molecule has 3 aromatic rings. The molecule has 0 unspecified atom stereocenters. The molecule has 112 valence electrons. The van der Waals surface area contributed by atoms with E-state index in [1.165, 1.54) is 0 Å². The molecule has 0 saturated heterocycles. The van der Waals surface area contributed by atoms with Crippen LogP contribution in [0.25, 0.3) is 10.9 Å². The van der Waals surface area contributed by atoms with Gasteiger partial charge < -0.3 is 15.0 Å². The lowest BCUT2D eigenvalue weighted by molar-refractivity contribution is -0.115. The summed E-state index contributed by atoms with van der Waals surface area (Å²) < 4.78 is 6.17. The van der Waals surface area contributed by atoms with Crippen molar-refractivity contribution in [3.8, 4) is 5.75 Å². The topological polar surface area (TPSA) is 54.1 Å². The number of amides is 1. The summed E-state index contributed by atoms with van der Waals surface area (Å²) in [6.45, 7) is 0. The van der Waals surface area contributed by atoms with Gasteiger partial charge in [0.05, 0.1) is 13.5 Å². The molecule has 0 aliphatic heterocycles. The summed E-state index contributed by atoms with van der Waals surface area (Å²) >= 11 is 3.39. The summed E-state index contributed by atoms with van der Waals surface area (Å²) in [5.41, 5.74) is 2.71. The molecule has 0 bridgehead atoms. The number of carbonyl (C=O) groups is 1. The maximum atomic E-state index is 12.2. The standard InChI is InChI=1S/C17H15BrN2O2/c1-22-14-5-6-16-15(9-14)11(10-19-16)7-17(21)20-13-4-2-3-12(18)8-13/h2-6,8-10,19H,7H2,1H3,(H,20,21). The van der Waals surface area contributed by atoms with Crippen LogP contribution in [-0.2, 0) is 11.2 Å². The number of hydrogen-bond donors (Lipinski definition) is 2. The number of halogens is 1. The molecule has 0 fully saturated rings. The van der Waals surface area contributed by atoms with Crippen molar-refractivity contribution < 1.29 is 9.53 Å². The number of fused-ring (bicyclic) bond motifs is 1. The van der Waals surface area contributed by atoms with E-state index in [0.29, 0.717) is 6.42 Å². The largest absolute Gasteiger partial charge is 0.497 e. The Kier molecular flexibility index (Phi) is 4.15. The van der Waals surface area contributed by atoms with E-state index in [9.17, 15) is 4.79 Å². The molecule has 2 N–H and O–H groups in total. The molecule has 1 aromatic heterocycles. The van der Waals surface area contributed by atoms with E-state index in [2.05, 4.69) is 26.2 Å². The summed E-state index contributed by atoms with van der Waals surface area (Å²) in [5.74, 6) is 0.725. The zero-order valence-corrected chi connectivity index (χ0v) is 13.6. The number of H-pyrrole nitrogens is 1. The number of carbonyl (C=O) groups excluding carboxylic acids is 1. The number of ether oxygens (including phenoxy) is 1. The van der Waals surface area contributed by atoms with Crippen molar-refractivity contribution in [3.63, 3.8) is 0 Å². The monoisotopic (exact) mass is 358 g/mol. The molecule has 5 heteroatoms. The van der Waals surface area contributed by atoms with E-state index in [-0.39, 0.29) is 5.91 Å². The van der Waals surface area contributed by atoms with Gasteiger partial charge in [0.25, 0.3) is 0 Å². The highest BCUT2D eigenvalue weighted by Crippen LogP contribution is 2.24. The van der Waals surface area contributed by atoms with Gasteiger partial charge >= 0.3 is 0 Å². The van der Waals surface area contributed by atoms with Crippen molar-refractivity contribution in [1.82, 2.24) is 4.98 Å². The zero-order valence-electron chi connectivity index (χ0n) is 12.0. The van der Waals surface area contributed by atoms with Gasteiger partial charge in [0.2, 0.25) is 5.91 Å². The van der Waals surface area contributed by atoms with Gasteiger partial charge in [-0.1, -0.05) is 22.0 Å². The van der Waals surface area contributed by atoms with E-state index < -0.39 is 0 Å². The van der Waals surface area contributed by atoms with E-state index in [1.54, 1.807) is 7.11 Å². The first-order chi connectivity index (χ1) is 10.7. The van der Waals surface area contributed by atoms with Crippen LogP contribution >= 0.6 is 15.9 Å². The normalized spacial score (nSPS) is 10.6. The van der Waals surface area contributed by atoms with Crippen LogP contribution < -0.4 is 10.1 Å². The number of anilines is 1. The molecule has 0 aliphatic rings. The van der Waals surface area contributed by atoms with Gasteiger partial charge in [-0.05, 0) is 42.0 Å². The first-order valence-electron chi connectivity index (χ1n) is 6.85. The molecule has 4 nitrogen and oxygen atoms in total. The highest BCUT2D eigenvalue weighted by molar-refractivity contribution is 9.10. The second kappa shape index (κ2) is 6.23. The molecule has 3 rings (SSSR count). The molecule has 0 aliphatic carbocycles. The minimum absolute atomic E-state index is 0.0539. The fourth-order valence-corrected chi connectivity index (χ4v) is 2.77. The quantitative estimate of drug-likeness (QED) is 0.736. The number of benzene rings is 2. The molecular formula is C17H15BrN2O2. The van der Waals surface area contributed by atoms with Gasteiger partial charge in [-0.3, -0.25) is 4.79 Å². The van der Waals surface area contributed by atoms with Crippen LogP contribution in [-0.4, -0.2) is 18.0 Å². The fraction of sp³-hybridized carbons (Fsp3) is 0.118. The van der Waals surface area contributed by atoms with Gasteiger partial charge in [-0.2, -0.15) is 0 Å². The van der Waals surface area contributed by atoms with Crippen molar-refractivity contribution in [1.29, 1.82) is 0 Å². The Hall–Kier alpha value is -2.27. The Bertz CT molecular complexity index is 826. The molecule has 0 saturated carbocycles. The van der Waals surface area contributed by atoms with Gasteiger partial charge in [-0.15, -0.1) is 0 Å². The third-order valence-corrected chi connectivity index (χ3v) is 3.93. The Morgan fingerprint density at radius 2 is 2.14 bits per heavy atom. The molecule has 2 aromatic carbocycles. The first-order valence-corrected chi connectivity index (χ1v) is 7.64. The molecule has 0 atom stereocenters. The number of rotatable bonds is 4. The van der Waals surface area contributed by atoms with Crippen LogP contribution in [0.5, 0.6) is 5.75 Å². The lowest BCUT2D eigenvalue weighted by Gasteiger charge is -2.05. The van der Waals surface area contributed by atoms with Crippen molar-refractivity contribution in [2.75, 3.05) is 12.4 Å². The van der Waals surface area contributed by atoms with Crippen LogP contribution in [0.15, 0.2) is 53.1 Å². The first kappa shape index (κ1) is 14.7. The Morgan fingerprint density at radius 3 is 2.91 bits per heavy atom. The predicted molar refractivity (Wildman–Crippen MR) is 91.3 cm³/mol. The Morgan fingerprint density at radius 1 is 1.27 bits per heavy atom. The molecular weight excluding hydrogens is 344 g/mol. The van der Waals surface area contributed by atoms with Crippen molar-refractivity contribution >= 4 is 38.4 Å². The number of aromatic nitrogens is 1. The van der Waals surface area contributed by atoms with Crippen molar-refractivity contribution in [3.05, 3.63) is 58.7 Å². The second-order valence-electron chi connectivity index (χ2n) is 4.96. The average molecular weight is 359 g/mol. The Balaban J connectivity index is 1.79. The van der Waals surface area contributed by atoms with Gasteiger partial charge in [-0.25, -0.2) is 0 Å². The number of methoxy groups -OCH3 is 1. The second-order valence-corrected chi connectivity index (χ2v) is 5.88. The van der Waals surface area contributed by atoms with Gasteiger partial charge in [0, 0.05) is 27.3 Å². The number of aromatic amines is 1. The van der Waals surface area contributed by atoms with E-state index in [4.69, 9.17) is 4.74 Å². The lowest BCUT2D eigenvalue weighted by atomic mass is 10.1. The highest BCUT2D eigenvalue weighted by atomic mass is 79.9. The van der Waals surface area contributed by atoms with Crippen LogP contribution in [0.2, 0.25) is 0 Å². The minimum atomic E-state index is -0.0539. The molecule has 0 radical (unpaired) electrons. The number of hydrogen-bond acceptors (Lipinski definition) is 2. The van der Waals surface area contributed by atoms with E-state index in [1.807, 2.05) is 48.7 Å². The fourth-order valence-electron chi connectivity index (χ4n) is 2.38. The average Bonchev–Trinajstić information content (AvgIpc) is 2.89. The van der Waals surface area contributed by atoms with E-state index in [0.717, 1.165) is 32.4 Å². The lowest BCUT2D eigenvalue weighted by Crippen LogP contribution is -2.14. The van der Waals surface area contributed by atoms with E-state index >= 15 is 0 Å². The van der Waals surface area contributed by atoms with Crippen LogP contribution in [0.4, 0.5) is 5.69 Å². The van der Waals surface area contributed by atoms with Crippen LogP contribution in [0.3, 0.4) is 0 Å². The Labute approximate surface area is 136 Å². The molecule has 0 spiro atoms. The van der Waals surface area contributed by atoms with Crippen LogP contribution in [0, 0.1) is 0 Å². The highest BCUT2D eigenvalue weighted by Gasteiger charge is 2.10. The maximum Gasteiger partial charge on any atom is 0.228 e. The van der Waals surface area contributed by atoms with Gasteiger partial charge in [0.1, 0.15) is 5.75 Å². The van der Waals surface area contributed by atoms with Crippen molar-refractivity contribution in [2.24, 2.45) is 0 Å².